The smallest absolute Gasteiger partial charge is 0.379 e. The molecule has 3 rings (SSSR count). The van der Waals surface area contributed by atoms with Crippen LogP contribution in [0, 0.1) is 23.7 Å². The van der Waals surface area contributed by atoms with Crippen LogP contribution in [-0.2, 0) is 14.3 Å². The van der Waals surface area contributed by atoms with Gasteiger partial charge in [0.2, 0.25) is 5.91 Å². The van der Waals surface area contributed by atoms with E-state index < -0.39 is 42.6 Å². The van der Waals surface area contributed by atoms with Crippen LogP contribution in [0.1, 0.15) is 44.9 Å². The van der Waals surface area contributed by atoms with Crippen molar-refractivity contribution in [3.05, 3.63) is 0 Å². The topological polar surface area (TPSA) is 45.2 Å². The molecule has 1 aliphatic heterocycles. The van der Waals surface area contributed by atoms with Crippen molar-refractivity contribution in [3.63, 3.8) is 0 Å². The molecule has 3 fully saturated rings. The molecule has 0 bridgehead atoms. The van der Waals surface area contributed by atoms with E-state index in [1.807, 2.05) is 7.05 Å². The number of carbonyl (C=O) groups excluding carboxylic acids is 1. The normalized spacial score (nSPS) is 33.2. The highest BCUT2D eigenvalue weighted by molar-refractivity contribution is 5.82. The maximum atomic E-state index is 13.8. The van der Waals surface area contributed by atoms with Gasteiger partial charge in [0.05, 0.1) is 30.1 Å². The minimum atomic E-state index is -4.66. The molecule has 6 unspecified atom stereocenters. The first-order chi connectivity index (χ1) is 17.7. The number of alkyl halides is 6. The minimum absolute atomic E-state index is 0.0172. The van der Waals surface area contributed by atoms with E-state index in [9.17, 15) is 31.1 Å². The van der Waals surface area contributed by atoms with Gasteiger partial charge in [-0.15, -0.1) is 0 Å². The van der Waals surface area contributed by atoms with E-state index in [0.29, 0.717) is 19.5 Å². The van der Waals surface area contributed by atoms with Gasteiger partial charge in [-0.25, -0.2) is 0 Å². The van der Waals surface area contributed by atoms with Crippen molar-refractivity contribution in [1.82, 2.24) is 14.7 Å². The van der Waals surface area contributed by atoms with Gasteiger partial charge in [0.25, 0.3) is 0 Å². The third-order valence-electron chi connectivity index (χ3n) is 8.99. The van der Waals surface area contributed by atoms with Gasteiger partial charge in [0.15, 0.2) is 0 Å². The molecular weight excluding hydrogens is 516 g/mol. The van der Waals surface area contributed by atoms with Gasteiger partial charge in [-0.1, -0.05) is 0 Å². The molecular formula is C26H43F6N3O3. The molecule has 2 aliphatic carbocycles. The van der Waals surface area contributed by atoms with Crippen LogP contribution in [0.2, 0.25) is 0 Å². The van der Waals surface area contributed by atoms with E-state index in [0.717, 1.165) is 25.9 Å². The number of halogens is 6. The van der Waals surface area contributed by atoms with Crippen molar-refractivity contribution in [2.24, 2.45) is 23.7 Å². The van der Waals surface area contributed by atoms with Crippen LogP contribution in [-0.4, -0.2) is 112 Å². The van der Waals surface area contributed by atoms with Crippen LogP contribution in [0.15, 0.2) is 0 Å². The molecule has 1 heterocycles. The SMILES string of the molecule is COC1CCC(C(C(=O)N(C)CCC2CC(C(F)(F)F)CC(C(F)(F)F)C2)N2CCN(C)CC2)CC1OC. The molecule has 0 aromatic carbocycles. The van der Waals surface area contributed by atoms with Crippen LogP contribution >= 0.6 is 0 Å². The number of piperazine rings is 1. The highest BCUT2D eigenvalue weighted by atomic mass is 19.4. The number of methoxy groups -OCH3 is 2. The second-order valence-electron chi connectivity index (χ2n) is 11.5. The van der Waals surface area contributed by atoms with E-state index in [2.05, 4.69) is 9.80 Å². The van der Waals surface area contributed by atoms with Crippen molar-refractivity contribution >= 4 is 5.91 Å². The molecule has 0 aromatic rings. The average Bonchev–Trinajstić information content (AvgIpc) is 2.87. The first-order valence-electron chi connectivity index (χ1n) is 13.6. The lowest BCUT2D eigenvalue weighted by atomic mass is 9.73. The zero-order valence-corrected chi connectivity index (χ0v) is 22.9. The molecule has 1 amide bonds. The van der Waals surface area contributed by atoms with Crippen LogP contribution in [0.4, 0.5) is 26.3 Å². The Morgan fingerprint density at radius 1 is 0.868 bits per heavy atom. The largest absolute Gasteiger partial charge is 0.391 e. The molecule has 0 N–H and O–H groups in total. The molecule has 38 heavy (non-hydrogen) atoms. The van der Waals surface area contributed by atoms with Crippen molar-refractivity contribution in [2.75, 3.05) is 61.0 Å². The zero-order chi connectivity index (χ0) is 28.3. The fraction of sp³-hybridized carbons (Fsp3) is 0.962. The Kier molecular flexibility index (Phi) is 10.8. The number of hydrogen-bond acceptors (Lipinski definition) is 5. The molecule has 6 nitrogen and oxygen atoms in total. The number of nitrogens with zero attached hydrogens (tertiary/aromatic N) is 3. The molecule has 2 saturated carbocycles. The maximum Gasteiger partial charge on any atom is 0.391 e. The highest BCUT2D eigenvalue weighted by Gasteiger charge is 2.51. The summed E-state index contributed by atoms with van der Waals surface area (Å²) >= 11 is 0. The van der Waals surface area contributed by atoms with Crippen LogP contribution in [0.3, 0.4) is 0 Å². The van der Waals surface area contributed by atoms with Crippen LogP contribution in [0.25, 0.3) is 0 Å². The summed E-state index contributed by atoms with van der Waals surface area (Å²) in [5.41, 5.74) is 0. The summed E-state index contributed by atoms with van der Waals surface area (Å²) in [5.74, 6) is -4.78. The Morgan fingerprint density at radius 3 is 1.92 bits per heavy atom. The summed E-state index contributed by atoms with van der Waals surface area (Å²) in [6.45, 7) is 3.18. The Labute approximate surface area is 222 Å². The lowest BCUT2D eigenvalue weighted by Crippen LogP contribution is -2.58. The summed E-state index contributed by atoms with van der Waals surface area (Å²) in [5, 5.41) is 0. The zero-order valence-electron chi connectivity index (χ0n) is 22.9. The van der Waals surface area contributed by atoms with Gasteiger partial charge in [-0.2, -0.15) is 26.3 Å². The van der Waals surface area contributed by atoms with Crippen LogP contribution < -0.4 is 0 Å². The third kappa shape index (κ3) is 7.97. The fourth-order valence-electron chi connectivity index (χ4n) is 6.61. The molecule has 3 aliphatic rings. The lowest BCUT2D eigenvalue weighted by Gasteiger charge is -2.45. The average molecular weight is 560 g/mol. The Morgan fingerprint density at radius 2 is 1.42 bits per heavy atom. The highest BCUT2D eigenvalue weighted by Crippen LogP contribution is 2.48. The van der Waals surface area contributed by atoms with Gasteiger partial charge < -0.3 is 19.3 Å². The predicted molar refractivity (Wildman–Crippen MR) is 130 cm³/mol. The van der Waals surface area contributed by atoms with Gasteiger partial charge >= 0.3 is 12.4 Å². The molecule has 6 atom stereocenters. The maximum absolute atomic E-state index is 13.8. The van der Waals surface area contributed by atoms with Crippen molar-refractivity contribution in [2.45, 2.75) is 75.5 Å². The van der Waals surface area contributed by atoms with Gasteiger partial charge in [0, 0.05) is 54.0 Å². The monoisotopic (exact) mass is 559 g/mol. The van der Waals surface area contributed by atoms with Crippen LogP contribution in [0.5, 0.6) is 0 Å². The molecule has 1 saturated heterocycles. The molecule has 12 heteroatoms. The lowest BCUT2D eigenvalue weighted by molar-refractivity contribution is -0.229. The van der Waals surface area contributed by atoms with E-state index >= 15 is 0 Å². The number of likely N-dealkylation sites (N-methyl/N-ethyl adjacent to an activating group) is 2. The Bertz CT molecular complexity index is 737. The summed E-state index contributed by atoms with van der Waals surface area (Å²) in [4.78, 5) is 19.7. The molecule has 0 spiro atoms. The van der Waals surface area contributed by atoms with E-state index in [4.69, 9.17) is 9.47 Å². The quantitative estimate of drug-likeness (QED) is 0.412. The number of rotatable bonds is 8. The number of amides is 1. The van der Waals surface area contributed by atoms with E-state index in [-0.39, 0.29) is 49.8 Å². The van der Waals surface area contributed by atoms with Gasteiger partial charge in [0.1, 0.15) is 0 Å². The Hall–Kier alpha value is -1.11. The second kappa shape index (κ2) is 13.0. The summed E-state index contributed by atoms with van der Waals surface area (Å²) in [7, 11) is 6.92. The Balaban J connectivity index is 1.70. The second-order valence-corrected chi connectivity index (χ2v) is 11.5. The molecule has 222 valence electrons. The van der Waals surface area contributed by atoms with E-state index in [1.54, 1.807) is 21.3 Å². The standard InChI is InChI=1S/C26H43F6N3O3/c1-33-9-11-35(12-10-33)23(18-5-6-21(37-3)22(15-18)38-4)24(36)34(2)8-7-17-13-19(25(27,28)29)16-20(14-17)26(30,31)32/h17-23H,5-16H2,1-4H3. The molecule has 0 radical (unpaired) electrons. The number of ether oxygens (including phenoxy) is 2. The first-order valence-corrected chi connectivity index (χ1v) is 13.6. The summed E-state index contributed by atoms with van der Waals surface area (Å²) in [6.07, 6.45) is -8.77. The van der Waals surface area contributed by atoms with E-state index in [1.165, 1.54) is 4.90 Å². The van der Waals surface area contributed by atoms with Crippen molar-refractivity contribution < 1.29 is 40.6 Å². The number of hydrogen-bond donors (Lipinski definition) is 0. The summed E-state index contributed by atoms with van der Waals surface area (Å²) in [6, 6.07) is -0.415. The van der Waals surface area contributed by atoms with Crippen molar-refractivity contribution in [1.29, 1.82) is 0 Å². The minimum Gasteiger partial charge on any atom is -0.379 e. The number of carbonyl (C=O) groups is 1. The first kappa shape index (κ1) is 31.4. The van der Waals surface area contributed by atoms with Gasteiger partial charge in [-0.3, -0.25) is 9.69 Å². The summed E-state index contributed by atoms with van der Waals surface area (Å²) < 4.78 is 91.6. The van der Waals surface area contributed by atoms with Crippen molar-refractivity contribution in [3.8, 4) is 0 Å². The molecule has 0 aromatic heterocycles. The van der Waals surface area contributed by atoms with Gasteiger partial charge in [-0.05, 0) is 63.8 Å². The fourth-order valence-corrected chi connectivity index (χ4v) is 6.61. The third-order valence-corrected chi connectivity index (χ3v) is 8.99. The predicted octanol–water partition coefficient (Wildman–Crippen LogP) is 4.44.